The highest BCUT2D eigenvalue weighted by atomic mass is 32.1. The molecule has 0 saturated heterocycles. The molecule has 88 valence electrons. The van der Waals surface area contributed by atoms with Gasteiger partial charge in [0, 0.05) is 11.6 Å². The maximum absolute atomic E-state index is 10.8. The van der Waals surface area contributed by atoms with E-state index in [9.17, 15) is 15.2 Å². The molecule has 2 N–H and O–H groups in total. The van der Waals surface area contributed by atoms with Gasteiger partial charge in [0.05, 0.1) is 17.5 Å². The molecule has 0 saturated carbocycles. The molecular weight excluding hydrogens is 242 g/mol. The normalized spacial score (nSPS) is 10.1. The highest BCUT2D eigenvalue weighted by Gasteiger charge is 2.14. The van der Waals surface area contributed by atoms with E-state index in [1.807, 2.05) is 5.38 Å². The van der Waals surface area contributed by atoms with Gasteiger partial charge in [-0.25, -0.2) is 4.98 Å². The van der Waals surface area contributed by atoms with Crippen molar-refractivity contribution in [3.05, 3.63) is 44.9 Å². The van der Waals surface area contributed by atoms with E-state index in [2.05, 4.69) is 10.3 Å². The number of rotatable bonds is 4. The Morgan fingerprint density at radius 1 is 1.53 bits per heavy atom. The Bertz CT molecular complexity index is 528. The van der Waals surface area contributed by atoms with Gasteiger partial charge in [0.2, 0.25) is 0 Å². The molecule has 2 aromatic rings. The number of aromatic hydroxyl groups is 1. The maximum Gasteiger partial charge on any atom is 0.296 e. The van der Waals surface area contributed by atoms with Crippen molar-refractivity contribution in [2.45, 2.75) is 6.54 Å². The summed E-state index contributed by atoms with van der Waals surface area (Å²) in [5.41, 5.74) is 0.213. The number of nitro groups is 1. The largest absolute Gasteiger partial charge is 0.508 e. The molecule has 0 spiro atoms. The second-order valence-electron chi connectivity index (χ2n) is 3.24. The summed E-state index contributed by atoms with van der Waals surface area (Å²) >= 11 is 1.47. The van der Waals surface area contributed by atoms with E-state index in [0.29, 0.717) is 12.2 Å². The van der Waals surface area contributed by atoms with Crippen molar-refractivity contribution in [2.75, 3.05) is 5.32 Å². The van der Waals surface area contributed by atoms with Crippen molar-refractivity contribution in [1.29, 1.82) is 0 Å². The third-order valence-electron chi connectivity index (χ3n) is 2.09. The number of nitrogens with one attached hydrogen (secondary N) is 1. The molecule has 0 amide bonds. The summed E-state index contributed by atoms with van der Waals surface area (Å²) in [6, 6.07) is 3.99. The summed E-state index contributed by atoms with van der Waals surface area (Å²) in [4.78, 5) is 14.3. The van der Waals surface area contributed by atoms with Crippen LogP contribution in [0.3, 0.4) is 0 Å². The van der Waals surface area contributed by atoms with Crippen LogP contribution in [0.15, 0.2) is 29.8 Å². The first kappa shape index (κ1) is 11.3. The van der Waals surface area contributed by atoms with E-state index in [0.717, 1.165) is 11.1 Å². The Hall–Kier alpha value is -2.15. The molecule has 1 heterocycles. The molecule has 6 nitrogen and oxygen atoms in total. The second kappa shape index (κ2) is 4.79. The van der Waals surface area contributed by atoms with Crippen LogP contribution in [0, 0.1) is 10.1 Å². The van der Waals surface area contributed by atoms with Gasteiger partial charge >= 0.3 is 0 Å². The molecule has 0 aliphatic carbocycles. The molecule has 0 unspecified atom stereocenters. The summed E-state index contributed by atoms with van der Waals surface area (Å²) in [5.74, 6) is -0.128. The zero-order chi connectivity index (χ0) is 12.3. The zero-order valence-corrected chi connectivity index (χ0v) is 9.48. The average Bonchev–Trinajstić information content (AvgIpc) is 2.80. The number of nitrogens with zero attached hydrogens (tertiary/aromatic N) is 2. The van der Waals surface area contributed by atoms with Gasteiger partial charge in [0.15, 0.2) is 0 Å². The fourth-order valence-electron chi connectivity index (χ4n) is 1.33. The van der Waals surface area contributed by atoms with Crippen LogP contribution in [-0.4, -0.2) is 15.0 Å². The van der Waals surface area contributed by atoms with Crippen LogP contribution in [0.5, 0.6) is 5.75 Å². The van der Waals surface area contributed by atoms with Gasteiger partial charge in [0.25, 0.3) is 5.69 Å². The predicted molar refractivity (Wildman–Crippen MR) is 64.2 cm³/mol. The van der Waals surface area contributed by atoms with E-state index >= 15 is 0 Å². The Morgan fingerprint density at radius 2 is 2.35 bits per heavy atom. The van der Waals surface area contributed by atoms with Gasteiger partial charge in [-0.15, -0.1) is 11.3 Å². The third-order valence-corrected chi connectivity index (χ3v) is 2.87. The van der Waals surface area contributed by atoms with Crippen LogP contribution in [0.4, 0.5) is 11.4 Å². The molecule has 17 heavy (non-hydrogen) atoms. The second-order valence-corrected chi connectivity index (χ2v) is 4.22. The van der Waals surface area contributed by atoms with E-state index < -0.39 is 4.92 Å². The number of hydrogen-bond donors (Lipinski definition) is 2. The first-order chi connectivity index (χ1) is 8.16. The Labute approximate surface area is 101 Å². The molecule has 0 atom stereocenters. The number of anilines is 1. The van der Waals surface area contributed by atoms with E-state index in [1.165, 1.54) is 23.5 Å². The van der Waals surface area contributed by atoms with Crippen molar-refractivity contribution in [1.82, 2.24) is 4.98 Å². The Kier molecular flexibility index (Phi) is 3.20. The Morgan fingerprint density at radius 3 is 3.00 bits per heavy atom. The summed E-state index contributed by atoms with van der Waals surface area (Å²) < 4.78 is 0. The van der Waals surface area contributed by atoms with Crippen molar-refractivity contribution in [3.8, 4) is 5.75 Å². The van der Waals surface area contributed by atoms with Gasteiger partial charge in [-0.2, -0.15) is 0 Å². The molecule has 2 rings (SSSR count). The first-order valence-electron chi connectivity index (χ1n) is 4.76. The minimum atomic E-state index is -0.538. The number of benzene rings is 1. The van der Waals surface area contributed by atoms with Crippen LogP contribution >= 0.6 is 11.3 Å². The number of nitro benzene ring substituents is 1. The van der Waals surface area contributed by atoms with Crippen LogP contribution in [0.2, 0.25) is 0 Å². The zero-order valence-electron chi connectivity index (χ0n) is 8.66. The van der Waals surface area contributed by atoms with Gasteiger partial charge in [-0.3, -0.25) is 10.1 Å². The van der Waals surface area contributed by atoms with Crippen LogP contribution in [-0.2, 0) is 6.54 Å². The number of phenolic OH excluding ortho intramolecular Hbond substituents is 1. The van der Waals surface area contributed by atoms with Crippen molar-refractivity contribution in [3.63, 3.8) is 0 Å². The third kappa shape index (κ3) is 2.70. The fourth-order valence-corrected chi connectivity index (χ4v) is 1.89. The van der Waals surface area contributed by atoms with E-state index in [4.69, 9.17) is 0 Å². The molecule has 1 aromatic carbocycles. The molecule has 1 aromatic heterocycles. The number of hydrogen-bond acceptors (Lipinski definition) is 6. The van der Waals surface area contributed by atoms with Gasteiger partial charge in [-0.1, -0.05) is 0 Å². The summed E-state index contributed by atoms with van der Waals surface area (Å²) in [5, 5.41) is 25.6. The highest BCUT2D eigenvalue weighted by molar-refractivity contribution is 7.09. The smallest absolute Gasteiger partial charge is 0.296 e. The number of thiazole rings is 1. The summed E-state index contributed by atoms with van der Waals surface area (Å²) in [6.07, 6.45) is 1.67. The summed E-state index contributed by atoms with van der Waals surface area (Å²) in [7, 11) is 0. The fraction of sp³-hybridized carbons (Fsp3) is 0.100. The topological polar surface area (TPSA) is 88.3 Å². The van der Waals surface area contributed by atoms with Gasteiger partial charge in [0.1, 0.15) is 16.4 Å². The minimum Gasteiger partial charge on any atom is -0.508 e. The average molecular weight is 251 g/mol. The summed E-state index contributed by atoms with van der Waals surface area (Å²) in [6.45, 7) is 0.420. The molecule has 0 radical (unpaired) electrons. The maximum atomic E-state index is 10.8. The lowest BCUT2D eigenvalue weighted by atomic mass is 10.2. The minimum absolute atomic E-state index is 0.128. The standard InChI is InChI=1S/C10H9N3O3S/c14-7-1-2-8(9(5-7)13(15)16)12-6-10-11-3-4-17-10/h1-5,12,14H,6H2. The molecule has 0 fully saturated rings. The van der Waals surface area contributed by atoms with Crippen LogP contribution in [0.25, 0.3) is 0 Å². The predicted octanol–water partition coefficient (Wildman–Crippen LogP) is 2.37. The monoisotopic (exact) mass is 251 g/mol. The van der Waals surface area contributed by atoms with Gasteiger partial charge < -0.3 is 10.4 Å². The highest BCUT2D eigenvalue weighted by Crippen LogP contribution is 2.28. The van der Waals surface area contributed by atoms with Crippen LogP contribution in [0.1, 0.15) is 5.01 Å². The first-order valence-corrected chi connectivity index (χ1v) is 5.64. The van der Waals surface area contributed by atoms with E-state index in [-0.39, 0.29) is 11.4 Å². The molecule has 7 heteroatoms. The van der Waals surface area contributed by atoms with Crippen LogP contribution < -0.4 is 5.32 Å². The lowest BCUT2D eigenvalue weighted by Gasteiger charge is -2.05. The van der Waals surface area contributed by atoms with E-state index in [1.54, 1.807) is 6.20 Å². The van der Waals surface area contributed by atoms with Crippen molar-refractivity contribution >= 4 is 22.7 Å². The lowest BCUT2D eigenvalue weighted by Crippen LogP contribution is -2.02. The van der Waals surface area contributed by atoms with Gasteiger partial charge in [-0.05, 0) is 12.1 Å². The van der Waals surface area contributed by atoms with Crippen molar-refractivity contribution < 1.29 is 10.0 Å². The quantitative estimate of drug-likeness (QED) is 0.494. The SMILES string of the molecule is O=[N+]([O-])c1cc(O)ccc1NCc1nccs1. The number of phenols is 1. The lowest BCUT2D eigenvalue weighted by molar-refractivity contribution is -0.384. The molecule has 0 bridgehead atoms. The molecular formula is C10H9N3O3S. The van der Waals surface area contributed by atoms with Crippen molar-refractivity contribution in [2.24, 2.45) is 0 Å². The molecule has 0 aliphatic rings. The molecule has 0 aliphatic heterocycles. The Balaban J connectivity index is 2.17. The number of aromatic nitrogens is 1.